The van der Waals surface area contributed by atoms with Gasteiger partial charge in [-0.3, -0.25) is 9.36 Å². The van der Waals surface area contributed by atoms with E-state index in [-0.39, 0.29) is 5.54 Å². The third-order valence-electron chi connectivity index (χ3n) is 2.98. The molecule has 2 aromatic heterocycles. The molecule has 1 N–H and O–H groups in total. The maximum atomic E-state index is 4.54. The molecule has 0 unspecified atom stereocenters. The van der Waals surface area contributed by atoms with Crippen LogP contribution in [0.3, 0.4) is 0 Å². The second-order valence-corrected chi connectivity index (χ2v) is 7.11. The summed E-state index contributed by atoms with van der Waals surface area (Å²) in [7, 11) is 3.92. The van der Waals surface area contributed by atoms with Crippen LogP contribution in [-0.4, -0.2) is 25.1 Å². The van der Waals surface area contributed by atoms with Gasteiger partial charge in [-0.1, -0.05) is 11.8 Å². The van der Waals surface area contributed by atoms with Crippen molar-refractivity contribution in [2.24, 2.45) is 14.1 Å². The fourth-order valence-corrected chi connectivity index (χ4v) is 2.97. The molecule has 0 saturated carbocycles. The van der Waals surface area contributed by atoms with E-state index in [4.69, 9.17) is 0 Å². The number of nitrogens with zero attached hydrogens (tertiary/aromatic N) is 4. The molecule has 6 heteroatoms. The van der Waals surface area contributed by atoms with Crippen LogP contribution >= 0.6 is 11.8 Å². The molecule has 5 nitrogen and oxygen atoms in total. The second kappa shape index (κ2) is 5.61. The number of rotatable bonds is 4. The predicted octanol–water partition coefficient (Wildman–Crippen LogP) is 2.50. The van der Waals surface area contributed by atoms with Crippen LogP contribution in [0.25, 0.3) is 0 Å². The molecular formula is C14H23N5S. The van der Waals surface area contributed by atoms with Gasteiger partial charge in [0.2, 0.25) is 0 Å². The van der Waals surface area contributed by atoms with Crippen molar-refractivity contribution in [1.29, 1.82) is 0 Å². The molecule has 2 heterocycles. The van der Waals surface area contributed by atoms with Crippen molar-refractivity contribution in [3.8, 4) is 0 Å². The highest BCUT2D eigenvalue weighted by atomic mass is 32.2. The number of hydrogen-bond acceptors (Lipinski definition) is 4. The number of nitrogens with one attached hydrogen (secondary N) is 1. The normalized spacial score (nSPS) is 12.1. The van der Waals surface area contributed by atoms with Gasteiger partial charge in [0, 0.05) is 37.9 Å². The average Bonchev–Trinajstić information content (AvgIpc) is 2.82. The lowest BCUT2D eigenvalue weighted by molar-refractivity contribution is 0.421. The van der Waals surface area contributed by atoms with E-state index < -0.39 is 0 Å². The molecule has 0 fully saturated rings. The van der Waals surface area contributed by atoms with Crippen molar-refractivity contribution in [2.75, 3.05) is 0 Å². The molecule has 0 bridgehead atoms. The minimum absolute atomic E-state index is 0.0958. The Morgan fingerprint density at radius 1 is 1.30 bits per heavy atom. The smallest absolute Gasteiger partial charge is 0.103 e. The summed E-state index contributed by atoms with van der Waals surface area (Å²) < 4.78 is 3.77. The first-order valence-corrected chi connectivity index (χ1v) is 7.52. The lowest BCUT2D eigenvalue weighted by Gasteiger charge is -2.20. The predicted molar refractivity (Wildman–Crippen MR) is 81.9 cm³/mol. The van der Waals surface area contributed by atoms with Crippen molar-refractivity contribution >= 4 is 11.8 Å². The van der Waals surface area contributed by atoms with E-state index in [1.54, 1.807) is 11.8 Å². The van der Waals surface area contributed by atoms with E-state index in [1.165, 1.54) is 10.6 Å². The molecule has 0 spiro atoms. The molecule has 0 aromatic carbocycles. The van der Waals surface area contributed by atoms with Crippen LogP contribution in [0.4, 0.5) is 0 Å². The first-order chi connectivity index (χ1) is 9.26. The Hall–Kier alpha value is -1.27. The first-order valence-electron chi connectivity index (χ1n) is 6.70. The van der Waals surface area contributed by atoms with Crippen LogP contribution in [0.15, 0.2) is 22.3 Å². The summed E-state index contributed by atoms with van der Waals surface area (Å²) in [6.45, 7) is 9.41. The Kier molecular flexibility index (Phi) is 4.25. The zero-order valence-corrected chi connectivity index (χ0v) is 13.9. The van der Waals surface area contributed by atoms with Gasteiger partial charge in [-0.2, -0.15) is 10.2 Å². The van der Waals surface area contributed by atoms with Crippen LogP contribution in [0.5, 0.6) is 0 Å². The lowest BCUT2D eigenvalue weighted by Crippen LogP contribution is -2.35. The SMILES string of the molecule is Cc1nn(C)c(Sc2cnn(C)c2)c1CNC(C)(C)C. The van der Waals surface area contributed by atoms with Crippen LogP contribution in [0.2, 0.25) is 0 Å². The molecule has 110 valence electrons. The first kappa shape index (κ1) is 15.1. The van der Waals surface area contributed by atoms with Crippen LogP contribution < -0.4 is 5.32 Å². The fourth-order valence-electron chi connectivity index (χ4n) is 1.93. The highest BCUT2D eigenvalue weighted by molar-refractivity contribution is 7.99. The van der Waals surface area contributed by atoms with Gasteiger partial charge < -0.3 is 5.32 Å². The minimum Gasteiger partial charge on any atom is -0.308 e. The second-order valence-electron chi connectivity index (χ2n) is 6.05. The fraction of sp³-hybridized carbons (Fsp3) is 0.571. The van der Waals surface area contributed by atoms with E-state index in [0.29, 0.717) is 0 Å². The van der Waals surface area contributed by atoms with Crippen LogP contribution in [0.1, 0.15) is 32.0 Å². The Labute approximate surface area is 124 Å². The Morgan fingerprint density at radius 3 is 2.55 bits per heavy atom. The van der Waals surface area contributed by atoms with E-state index in [1.807, 2.05) is 35.9 Å². The monoisotopic (exact) mass is 293 g/mol. The number of hydrogen-bond donors (Lipinski definition) is 1. The van der Waals surface area contributed by atoms with Crippen molar-refractivity contribution in [2.45, 2.75) is 49.7 Å². The molecule has 0 atom stereocenters. The van der Waals surface area contributed by atoms with Gasteiger partial charge >= 0.3 is 0 Å². The summed E-state index contributed by atoms with van der Waals surface area (Å²) in [5.41, 5.74) is 2.44. The molecule has 2 rings (SSSR count). The minimum atomic E-state index is 0.0958. The molecule has 0 saturated heterocycles. The zero-order chi connectivity index (χ0) is 14.9. The van der Waals surface area contributed by atoms with Crippen LogP contribution in [0, 0.1) is 6.92 Å². The molecule has 20 heavy (non-hydrogen) atoms. The number of aromatic nitrogens is 4. The van der Waals surface area contributed by atoms with Gasteiger partial charge in [0.05, 0.1) is 16.8 Å². The van der Waals surface area contributed by atoms with Gasteiger partial charge in [0.15, 0.2) is 0 Å². The van der Waals surface area contributed by atoms with Gasteiger partial charge in [-0.15, -0.1) is 0 Å². The topological polar surface area (TPSA) is 47.7 Å². The summed E-state index contributed by atoms with van der Waals surface area (Å²) in [6.07, 6.45) is 3.90. The highest BCUT2D eigenvalue weighted by Gasteiger charge is 2.17. The van der Waals surface area contributed by atoms with E-state index >= 15 is 0 Å². The Bertz CT molecular complexity index is 591. The summed E-state index contributed by atoms with van der Waals surface area (Å²) in [5, 5.41) is 13.5. The maximum absolute atomic E-state index is 4.54. The third-order valence-corrected chi connectivity index (χ3v) is 4.13. The quantitative estimate of drug-likeness (QED) is 0.941. The average molecular weight is 293 g/mol. The standard InChI is InChI=1S/C14H23N5S/c1-10-12(8-15-14(2,3)4)13(19(6)17-10)20-11-7-16-18(5)9-11/h7,9,15H,8H2,1-6H3. The Morgan fingerprint density at radius 2 is 2.00 bits per heavy atom. The summed E-state index contributed by atoms with van der Waals surface area (Å²) in [4.78, 5) is 1.13. The largest absolute Gasteiger partial charge is 0.308 e. The molecule has 0 aliphatic rings. The molecular weight excluding hydrogens is 270 g/mol. The van der Waals surface area contributed by atoms with Gasteiger partial charge in [-0.05, 0) is 27.7 Å². The van der Waals surface area contributed by atoms with E-state index in [0.717, 1.165) is 17.1 Å². The zero-order valence-electron chi connectivity index (χ0n) is 13.1. The molecule has 0 aliphatic heterocycles. The lowest BCUT2D eigenvalue weighted by atomic mass is 10.1. The van der Waals surface area contributed by atoms with Crippen molar-refractivity contribution < 1.29 is 0 Å². The highest BCUT2D eigenvalue weighted by Crippen LogP contribution is 2.31. The van der Waals surface area contributed by atoms with E-state index in [9.17, 15) is 0 Å². The summed E-state index contributed by atoms with van der Waals surface area (Å²) in [5.74, 6) is 0. The summed E-state index contributed by atoms with van der Waals surface area (Å²) in [6, 6.07) is 0. The van der Waals surface area contributed by atoms with Gasteiger partial charge in [-0.25, -0.2) is 0 Å². The van der Waals surface area contributed by atoms with Gasteiger partial charge in [0.25, 0.3) is 0 Å². The van der Waals surface area contributed by atoms with Crippen molar-refractivity contribution in [1.82, 2.24) is 24.9 Å². The molecule has 0 aliphatic carbocycles. The van der Waals surface area contributed by atoms with Crippen molar-refractivity contribution in [3.63, 3.8) is 0 Å². The summed E-state index contributed by atoms with van der Waals surface area (Å²) >= 11 is 1.71. The molecule has 0 amide bonds. The van der Waals surface area contributed by atoms with E-state index in [2.05, 4.69) is 43.2 Å². The van der Waals surface area contributed by atoms with Crippen molar-refractivity contribution in [3.05, 3.63) is 23.7 Å². The molecule has 2 aromatic rings. The maximum Gasteiger partial charge on any atom is 0.103 e. The van der Waals surface area contributed by atoms with Gasteiger partial charge in [0.1, 0.15) is 5.03 Å². The number of aryl methyl sites for hydroxylation is 3. The third kappa shape index (κ3) is 3.64. The molecule has 0 radical (unpaired) electrons. The Balaban J connectivity index is 2.23. The van der Waals surface area contributed by atoms with Crippen LogP contribution in [-0.2, 0) is 20.6 Å².